The minimum atomic E-state index is -4.36. The fraction of sp³-hybridized carbons (Fsp3) is 0.167. The summed E-state index contributed by atoms with van der Waals surface area (Å²) in [5.74, 6) is 0.448. The van der Waals surface area contributed by atoms with Crippen LogP contribution in [0.3, 0.4) is 0 Å². The number of allylic oxidation sites excluding steroid dienone is 1. The fourth-order valence-corrected chi connectivity index (χ4v) is 1.93. The van der Waals surface area contributed by atoms with Crippen molar-refractivity contribution in [3.05, 3.63) is 71.3 Å². The van der Waals surface area contributed by atoms with Gasteiger partial charge in [-0.3, -0.25) is 4.79 Å². The molecule has 0 bridgehead atoms. The van der Waals surface area contributed by atoms with E-state index in [1.54, 1.807) is 24.3 Å². The summed E-state index contributed by atoms with van der Waals surface area (Å²) in [5.41, 5.74) is 0.293. The molecule has 0 aromatic heterocycles. The van der Waals surface area contributed by atoms with Crippen molar-refractivity contribution in [1.29, 1.82) is 0 Å². The maximum Gasteiger partial charge on any atom is 0.416 e. The van der Waals surface area contributed by atoms with Crippen LogP contribution >= 0.6 is 0 Å². The zero-order chi connectivity index (χ0) is 16.9. The lowest BCUT2D eigenvalue weighted by Crippen LogP contribution is -2.04. The Morgan fingerprint density at radius 3 is 2.17 bits per heavy atom. The first-order valence-corrected chi connectivity index (χ1v) is 7.02. The quantitative estimate of drug-likeness (QED) is 0.572. The van der Waals surface area contributed by atoms with E-state index in [2.05, 4.69) is 0 Å². The Labute approximate surface area is 132 Å². The van der Waals surface area contributed by atoms with Crippen molar-refractivity contribution in [3.8, 4) is 5.75 Å². The first kappa shape index (κ1) is 16.8. The van der Waals surface area contributed by atoms with Gasteiger partial charge in [0.15, 0.2) is 5.78 Å². The molecule has 0 atom stereocenters. The van der Waals surface area contributed by atoms with Gasteiger partial charge in [-0.2, -0.15) is 13.2 Å². The number of benzene rings is 2. The minimum absolute atomic E-state index is 0.229. The van der Waals surface area contributed by atoms with E-state index in [0.717, 1.165) is 12.1 Å². The Morgan fingerprint density at radius 1 is 1.04 bits per heavy atom. The lowest BCUT2D eigenvalue weighted by molar-refractivity contribution is -0.137. The monoisotopic (exact) mass is 320 g/mol. The van der Waals surface area contributed by atoms with Gasteiger partial charge in [0.1, 0.15) is 5.75 Å². The van der Waals surface area contributed by atoms with Crippen molar-refractivity contribution in [3.63, 3.8) is 0 Å². The van der Waals surface area contributed by atoms with E-state index >= 15 is 0 Å². The molecule has 2 nitrogen and oxygen atoms in total. The second kappa shape index (κ2) is 7.13. The molecule has 0 aliphatic carbocycles. The molecule has 0 fully saturated rings. The number of carbonyl (C=O) groups excluding carboxylic acids is 1. The van der Waals surface area contributed by atoms with Crippen LogP contribution in [0.25, 0.3) is 6.08 Å². The maximum atomic E-state index is 12.5. The van der Waals surface area contributed by atoms with Crippen LogP contribution < -0.4 is 4.74 Å². The van der Waals surface area contributed by atoms with E-state index < -0.39 is 11.7 Å². The molecule has 0 saturated carbocycles. The molecule has 2 aromatic carbocycles. The Morgan fingerprint density at radius 2 is 1.65 bits per heavy atom. The van der Waals surface area contributed by atoms with Crippen molar-refractivity contribution in [2.24, 2.45) is 0 Å². The SMILES string of the molecule is CCOc1ccc(C(=O)/C=C/c2ccc(C(F)(F)F)cc2)cc1. The zero-order valence-electron chi connectivity index (χ0n) is 12.4. The summed E-state index contributed by atoms with van der Waals surface area (Å²) < 4.78 is 42.7. The third-order valence-corrected chi connectivity index (χ3v) is 3.12. The molecule has 0 unspecified atom stereocenters. The summed E-state index contributed by atoms with van der Waals surface area (Å²) in [7, 11) is 0. The molecule has 5 heteroatoms. The molecule has 0 aliphatic heterocycles. The molecule has 2 rings (SSSR count). The number of ketones is 1. The number of hydrogen-bond acceptors (Lipinski definition) is 2. The zero-order valence-corrected chi connectivity index (χ0v) is 12.4. The second-order valence-electron chi connectivity index (χ2n) is 4.77. The lowest BCUT2D eigenvalue weighted by atomic mass is 10.1. The van der Waals surface area contributed by atoms with Gasteiger partial charge in [-0.1, -0.05) is 18.2 Å². The molecule has 0 N–H and O–H groups in total. The van der Waals surface area contributed by atoms with Crippen LogP contribution in [0.4, 0.5) is 13.2 Å². The van der Waals surface area contributed by atoms with Crippen LogP contribution in [0.1, 0.15) is 28.4 Å². The first-order chi connectivity index (χ1) is 10.9. The summed E-state index contributed by atoms with van der Waals surface area (Å²) in [5, 5.41) is 0. The van der Waals surface area contributed by atoms with E-state index in [1.807, 2.05) is 6.92 Å². The standard InChI is InChI=1S/C18H15F3O2/c1-2-23-16-10-6-14(7-11-16)17(22)12-5-13-3-8-15(9-4-13)18(19,20)21/h3-12H,2H2,1H3/b12-5+. The smallest absolute Gasteiger partial charge is 0.416 e. The van der Waals surface area contributed by atoms with Gasteiger partial charge in [0.2, 0.25) is 0 Å². The molecule has 120 valence electrons. The largest absolute Gasteiger partial charge is 0.494 e. The average molecular weight is 320 g/mol. The molecule has 0 amide bonds. The summed E-state index contributed by atoms with van der Waals surface area (Å²) in [4.78, 5) is 12.0. The van der Waals surface area contributed by atoms with Gasteiger partial charge >= 0.3 is 6.18 Å². The molecule has 0 aliphatic rings. The van der Waals surface area contributed by atoms with Crippen LogP contribution in [0.15, 0.2) is 54.6 Å². The highest BCUT2D eigenvalue weighted by Gasteiger charge is 2.29. The number of alkyl halides is 3. The summed E-state index contributed by atoms with van der Waals surface area (Å²) in [6.45, 7) is 2.41. The minimum Gasteiger partial charge on any atom is -0.494 e. The Hall–Kier alpha value is -2.56. The van der Waals surface area contributed by atoms with E-state index in [4.69, 9.17) is 4.74 Å². The second-order valence-corrected chi connectivity index (χ2v) is 4.77. The highest BCUT2D eigenvalue weighted by molar-refractivity contribution is 6.06. The van der Waals surface area contributed by atoms with Crippen LogP contribution in [-0.2, 0) is 6.18 Å². The van der Waals surface area contributed by atoms with E-state index in [9.17, 15) is 18.0 Å². The topological polar surface area (TPSA) is 26.3 Å². The molecule has 2 aromatic rings. The van der Waals surface area contributed by atoms with E-state index in [0.29, 0.717) is 23.5 Å². The molecule has 0 heterocycles. The number of carbonyl (C=O) groups is 1. The van der Waals surface area contributed by atoms with Gasteiger partial charge in [0.05, 0.1) is 12.2 Å². The molecule has 23 heavy (non-hydrogen) atoms. The lowest BCUT2D eigenvalue weighted by Gasteiger charge is -2.06. The van der Waals surface area contributed by atoms with E-state index in [-0.39, 0.29) is 5.78 Å². The first-order valence-electron chi connectivity index (χ1n) is 7.02. The molecule has 0 saturated heterocycles. The summed E-state index contributed by atoms with van der Waals surface area (Å²) >= 11 is 0. The van der Waals surface area contributed by atoms with Crippen molar-refractivity contribution in [2.45, 2.75) is 13.1 Å². The van der Waals surface area contributed by atoms with Crippen LogP contribution in [0, 0.1) is 0 Å². The van der Waals surface area contributed by atoms with Gasteiger partial charge in [0.25, 0.3) is 0 Å². The molecular formula is C18H15F3O2. The number of ether oxygens (including phenoxy) is 1. The van der Waals surface area contributed by atoms with E-state index in [1.165, 1.54) is 24.3 Å². The van der Waals surface area contributed by atoms with Crippen molar-refractivity contribution in [1.82, 2.24) is 0 Å². The number of rotatable bonds is 5. The van der Waals surface area contributed by atoms with Crippen LogP contribution in [0.5, 0.6) is 5.75 Å². The predicted octanol–water partition coefficient (Wildman–Crippen LogP) is 5.00. The van der Waals surface area contributed by atoms with Gasteiger partial charge in [-0.15, -0.1) is 0 Å². The predicted molar refractivity (Wildman–Crippen MR) is 82.4 cm³/mol. The fourth-order valence-electron chi connectivity index (χ4n) is 1.93. The van der Waals surface area contributed by atoms with Gasteiger partial charge in [0, 0.05) is 5.56 Å². The number of hydrogen-bond donors (Lipinski definition) is 0. The summed E-state index contributed by atoms with van der Waals surface area (Å²) in [6.07, 6.45) is -1.54. The molecule has 0 spiro atoms. The summed E-state index contributed by atoms with van der Waals surface area (Å²) in [6, 6.07) is 11.3. The average Bonchev–Trinajstić information content (AvgIpc) is 2.53. The van der Waals surface area contributed by atoms with Crippen molar-refractivity contribution in [2.75, 3.05) is 6.61 Å². The number of halogens is 3. The molecular weight excluding hydrogens is 305 g/mol. The Kier molecular flexibility index (Phi) is 5.21. The van der Waals surface area contributed by atoms with Crippen LogP contribution in [-0.4, -0.2) is 12.4 Å². The normalized spacial score (nSPS) is 11.7. The third-order valence-electron chi connectivity index (χ3n) is 3.12. The van der Waals surface area contributed by atoms with Gasteiger partial charge in [-0.05, 0) is 55.0 Å². The maximum absolute atomic E-state index is 12.5. The Bertz CT molecular complexity index is 684. The van der Waals surface area contributed by atoms with Crippen molar-refractivity contribution < 1.29 is 22.7 Å². The van der Waals surface area contributed by atoms with Gasteiger partial charge in [-0.25, -0.2) is 0 Å². The molecule has 0 radical (unpaired) electrons. The van der Waals surface area contributed by atoms with Crippen molar-refractivity contribution >= 4 is 11.9 Å². The van der Waals surface area contributed by atoms with Gasteiger partial charge < -0.3 is 4.74 Å². The third kappa shape index (κ3) is 4.71. The highest BCUT2D eigenvalue weighted by atomic mass is 19.4. The Balaban J connectivity index is 2.05. The highest BCUT2D eigenvalue weighted by Crippen LogP contribution is 2.29. The van der Waals surface area contributed by atoms with Crippen LogP contribution in [0.2, 0.25) is 0 Å².